The number of thioether (sulfide) groups is 1. The molecule has 0 radical (unpaired) electrons. The van der Waals surface area contributed by atoms with Gasteiger partial charge in [0.25, 0.3) is 0 Å². The molecule has 0 aliphatic rings. The predicted octanol–water partition coefficient (Wildman–Crippen LogP) is 4.94. The largest absolute Gasteiger partial charge is 0.378 e. The zero-order valence-corrected chi connectivity index (χ0v) is 15.9. The van der Waals surface area contributed by atoms with Gasteiger partial charge in [-0.1, -0.05) is 23.7 Å². The molecule has 0 saturated heterocycles. The minimum Gasteiger partial charge on any atom is -0.378 e. The zero-order chi connectivity index (χ0) is 14.5. The number of hydrogen-bond acceptors (Lipinski definition) is 4. The van der Waals surface area contributed by atoms with Crippen molar-refractivity contribution in [1.82, 2.24) is 9.97 Å². The number of aromatic nitrogens is 2. The van der Waals surface area contributed by atoms with E-state index in [1.807, 2.05) is 18.2 Å². The Morgan fingerprint density at radius 1 is 1.35 bits per heavy atom. The number of ether oxygens (including phenoxy) is 1. The summed E-state index contributed by atoms with van der Waals surface area (Å²) in [7, 11) is 1.64. The molecule has 0 amide bonds. The highest BCUT2D eigenvalue weighted by Crippen LogP contribution is 2.30. The van der Waals surface area contributed by atoms with Crippen molar-refractivity contribution in [3.63, 3.8) is 0 Å². The van der Waals surface area contributed by atoms with Gasteiger partial charge in [-0.05, 0) is 50.7 Å². The van der Waals surface area contributed by atoms with E-state index in [4.69, 9.17) is 16.3 Å². The quantitative estimate of drug-likeness (QED) is 0.342. The SMILES string of the molecule is COCc1nc(CSc2ccccc2Br)nc(Cl)c1I. The molecule has 20 heavy (non-hydrogen) atoms. The summed E-state index contributed by atoms with van der Waals surface area (Å²) in [6.07, 6.45) is 0. The molecule has 2 aromatic rings. The number of benzene rings is 1. The van der Waals surface area contributed by atoms with E-state index < -0.39 is 0 Å². The molecule has 3 nitrogen and oxygen atoms in total. The third-order valence-electron chi connectivity index (χ3n) is 2.40. The van der Waals surface area contributed by atoms with E-state index >= 15 is 0 Å². The fourth-order valence-electron chi connectivity index (χ4n) is 1.51. The van der Waals surface area contributed by atoms with E-state index in [1.165, 1.54) is 0 Å². The monoisotopic (exact) mass is 484 g/mol. The van der Waals surface area contributed by atoms with Gasteiger partial charge in [-0.25, -0.2) is 9.97 Å². The molecule has 0 spiro atoms. The van der Waals surface area contributed by atoms with Crippen LogP contribution in [0.5, 0.6) is 0 Å². The summed E-state index contributed by atoms with van der Waals surface area (Å²) in [6, 6.07) is 8.06. The second-order valence-corrected chi connectivity index (χ2v) is 7.15. The Morgan fingerprint density at radius 3 is 2.80 bits per heavy atom. The summed E-state index contributed by atoms with van der Waals surface area (Å²) in [5.74, 6) is 1.37. The van der Waals surface area contributed by atoms with Crippen LogP contribution in [0.25, 0.3) is 0 Å². The maximum absolute atomic E-state index is 6.14. The molecular formula is C13H11BrClIN2OS. The number of halogens is 3. The van der Waals surface area contributed by atoms with Crippen molar-refractivity contribution >= 4 is 61.9 Å². The molecule has 1 aromatic heterocycles. The molecule has 106 valence electrons. The fourth-order valence-corrected chi connectivity index (χ4v) is 3.54. The van der Waals surface area contributed by atoms with Gasteiger partial charge in [0.2, 0.25) is 0 Å². The molecule has 0 fully saturated rings. The van der Waals surface area contributed by atoms with Gasteiger partial charge in [-0.3, -0.25) is 0 Å². The summed E-state index contributed by atoms with van der Waals surface area (Å²) in [6.45, 7) is 0.438. The molecule has 0 aliphatic heterocycles. The average Bonchev–Trinajstić information content (AvgIpc) is 2.43. The first-order valence-electron chi connectivity index (χ1n) is 5.69. The van der Waals surface area contributed by atoms with Gasteiger partial charge >= 0.3 is 0 Å². The minimum atomic E-state index is 0.438. The molecule has 0 atom stereocenters. The van der Waals surface area contributed by atoms with Crippen LogP contribution in [0.2, 0.25) is 5.15 Å². The Morgan fingerprint density at radius 2 is 2.10 bits per heavy atom. The minimum absolute atomic E-state index is 0.438. The summed E-state index contributed by atoms with van der Waals surface area (Å²) in [4.78, 5) is 9.97. The smallest absolute Gasteiger partial charge is 0.146 e. The van der Waals surface area contributed by atoms with Gasteiger partial charge in [-0.2, -0.15) is 0 Å². The lowest BCUT2D eigenvalue weighted by Crippen LogP contribution is -2.03. The Kier molecular flexibility index (Phi) is 6.54. The lowest BCUT2D eigenvalue weighted by molar-refractivity contribution is 0.180. The first kappa shape index (κ1) is 16.5. The van der Waals surface area contributed by atoms with E-state index in [9.17, 15) is 0 Å². The van der Waals surface area contributed by atoms with Crippen molar-refractivity contribution in [2.75, 3.05) is 7.11 Å². The lowest BCUT2D eigenvalue weighted by Gasteiger charge is -2.08. The second kappa shape index (κ2) is 7.93. The highest BCUT2D eigenvalue weighted by Gasteiger charge is 2.11. The van der Waals surface area contributed by atoms with Crippen LogP contribution in [0.1, 0.15) is 11.5 Å². The van der Waals surface area contributed by atoms with E-state index in [-0.39, 0.29) is 0 Å². The van der Waals surface area contributed by atoms with Crippen LogP contribution in [-0.2, 0) is 17.1 Å². The first-order chi connectivity index (χ1) is 9.61. The van der Waals surface area contributed by atoms with Gasteiger partial charge in [0.1, 0.15) is 11.0 Å². The van der Waals surface area contributed by atoms with E-state index in [2.05, 4.69) is 54.6 Å². The third-order valence-corrected chi connectivity index (χ3v) is 6.15. The molecule has 7 heteroatoms. The third kappa shape index (κ3) is 4.30. The topological polar surface area (TPSA) is 35.0 Å². The highest BCUT2D eigenvalue weighted by atomic mass is 127. The molecule has 0 bridgehead atoms. The van der Waals surface area contributed by atoms with Gasteiger partial charge in [0.15, 0.2) is 0 Å². The Labute approximate surface area is 149 Å². The first-order valence-corrected chi connectivity index (χ1v) is 8.92. The molecule has 0 N–H and O–H groups in total. The van der Waals surface area contributed by atoms with Gasteiger partial charge in [0, 0.05) is 16.5 Å². The van der Waals surface area contributed by atoms with Crippen LogP contribution < -0.4 is 0 Å². The van der Waals surface area contributed by atoms with Gasteiger partial charge in [0.05, 0.1) is 21.6 Å². The molecule has 0 aliphatic carbocycles. The van der Waals surface area contributed by atoms with Crippen LogP contribution in [0.4, 0.5) is 0 Å². The van der Waals surface area contributed by atoms with Crippen LogP contribution in [0.3, 0.4) is 0 Å². The number of nitrogens with zero attached hydrogens (tertiary/aromatic N) is 2. The van der Waals surface area contributed by atoms with Gasteiger partial charge in [-0.15, -0.1) is 11.8 Å². The van der Waals surface area contributed by atoms with Crippen molar-refractivity contribution in [2.24, 2.45) is 0 Å². The molecule has 0 unspecified atom stereocenters. The van der Waals surface area contributed by atoms with Crippen molar-refractivity contribution in [3.8, 4) is 0 Å². The summed E-state index contributed by atoms with van der Waals surface area (Å²) < 4.78 is 7.05. The zero-order valence-electron chi connectivity index (χ0n) is 10.6. The van der Waals surface area contributed by atoms with Crippen LogP contribution in [0.15, 0.2) is 33.6 Å². The summed E-state index contributed by atoms with van der Waals surface area (Å²) >= 11 is 13.5. The maximum Gasteiger partial charge on any atom is 0.146 e. The standard InChI is InChI=1S/C13H11BrClIN2OS/c1-19-6-9-12(16)13(15)18-11(17-9)7-20-10-5-3-2-4-8(10)14/h2-5H,6-7H2,1H3. The molecule has 1 aromatic carbocycles. The molecule has 2 rings (SSSR count). The maximum atomic E-state index is 6.14. The Hall–Kier alpha value is 0.110. The fraction of sp³-hybridized carbons (Fsp3) is 0.231. The Balaban J connectivity index is 2.16. The highest BCUT2D eigenvalue weighted by molar-refractivity contribution is 14.1. The van der Waals surface area contributed by atoms with Crippen molar-refractivity contribution in [1.29, 1.82) is 0 Å². The van der Waals surface area contributed by atoms with E-state index in [1.54, 1.807) is 18.9 Å². The summed E-state index contributed by atoms with van der Waals surface area (Å²) in [5, 5.41) is 0.482. The van der Waals surface area contributed by atoms with Crippen molar-refractivity contribution in [3.05, 3.63) is 49.0 Å². The number of hydrogen-bond donors (Lipinski definition) is 0. The lowest BCUT2D eigenvalue weighted by atomic mass is 10.4. The second-order valence-electron chi connectivity index (χ2n) is 3.84. The number of methoxy groups -OCH3 is 1. The van der Waals surface area contributed by atoms with Gasteiger partial charge < -0.3 is 4.74 Å². The van der Waals surface area contributed by atoms with Crippen molar-refractivity contribution in [2.45, 2.75) is 17.3 Å². The van der Waals surface area contributed by atoms with Crippen LogP contribution in [0, 0.1) is 3.57 Å². The van der Waals surface area contributed by atoms with Crippen molar-refractivity contribution < 1.29 is 4.74 Å². The number of rotatable bonds is 5. The van der Waals surface area contributed by atoms with Crippen LogP contribution >= 0.6 is 61.9 Å². The molecule has 1 heterocycles. The van der Waals surface area contributed by atoms with Crippen LogP contribution in [-0.4, -0.2) is 17.1 Å². The average molecular weight is 486 g/mol. The molecule has 0 saturated carbocycles. The van der Waals surface area contributed by atoms with E-state index in [0.717, 1.165) is 18.6 Å². The Bertz CT molecular complexity index is 615. The predicted molar refractivity (Wildman–Crippen MR) is 94.2 cm³/mol. The summed E-state index contributed by atoms with van der Waals surface area (Å²) in [5.41, 5.74) is 0.829. The molecular weight excluding hydrogens is 474 g/mol. The van der Waals surface area contributed by atoms with E-state index in [0.29, 0.717) is 23.3 Å². The normalized spacial score (nSPS) is 10.8.